The van der Waals surface area contributed by atoms with Crippen molar-refractivity contribution in [2.45, 2.75) is 26.3 Å². The molecule has 5 heteroatoms. The molecule has 0 amide bonds. The summed E-state index contributed by atoms with van der Waals surface area (Å²) in [6.45, 7) is 4.63. The number of nitrogens with zero attached hydrogens (tertiary/aromatic N) is 1. The summed E-state index contributed by atoms with van der Waals surface area (Å²) in [5.41, 5.74) is 0.634. The fraction of sp³-hybridized carbons (Fsp3) is 0.438. The topological polar surface area (TPSA) is 40.5 Å². The van der Waals surface area contributed by atoms with Crippen LogP contribution in [0.3, 0.4) is 0 Å². The van der Waals surface area contributed by atoms with Crippen molar-refractivity contribution in [2.75, 3.05) is 13.1 Å². The van der Waals surface area contributed by atoms with E-state index in [9.17, 15) is 14.3 Å². The van der Waals surface area contributed by atoms with Gasteiger partial charge in [-0.3, -0.25) is 4.90 Å². The molecular weight excluding hydrogens is 289 g/mol. The van der Waals surface area contributed by atoms with Crippen LogP contribution in [0.4, 0.5) is 4.39 Å². The molecule has 1 aromatic carbocycles. The van der Waals surface area contributed by atoms with Crippen molar-refractivity contribution >= 4 is 27.4 Å². The first-order chi connectivity index (χ1) is 10.1. The van der Waals surface area contributed by atoms with Crippen LogP contribution >= 0.6 is 11.3 Å². The number of carboxylic acids is 1. The predicted molar refractivity (Wildman–Crippen MR) is 82.4 cm³/mol. The quantitative estimate of drug-likeness (QED) is 0.932. The zero-order valence-electron chi connectivity index (χ0n) is 11.9. The Hall–Kier alpha value is -1.46. The number of carbonyl (C=O) groups is 1. The van der Waals surface area contributed by atoms with E-state index in [1.54, 1.807) is 12.1 Å². The second-order valence-corrected chi connectivity index (χ2v) is 6.86. The molecule has 1 fully saturated rings. The average Bonchev–Trinajstić information content (AvgIpc) is 2.79. The Balaban J connectivity index is 2.02. The molecule has 1 aromatic heterocycles. The van der Waals surface area contributed by atoms with Gasteiger partial charge < -0.3 is 5.11 Å². The highest BCUT2D eigenvalue weighted by molar-refractivity contribution is 7.21. The highest BCUT2D eigenvalue weighted by Crippen LogP contribution is 2.34. The standard InChI is InChI=1S/C16H18FNO2S/c1-10-4-3-7-18(8-10)9-11-14-12(17)5-2-6-13(14)21-15(11)16(19)20/h2,5-6,10H,3-4,7-9H2,1H3,(H,19,20)/t10-/m0/s1. The van der Waals surface area contributed by atoms with Gasteiger partial charge >= 0.3 is 5.97 Å². The number of benzene rings is 1. The van der Waals surface area contributed by atoms with Gasteiger partial charge in [-0.15, -0.1) is 11.3 Å². The van der Waals surface area contributed by atoms with Crippen LogP contribution in [0.2, 0.25) is 0 Å². The van der Waals surface area contributed by atoms with E-state index in [0.29, 0.717) is 28.1 Å². The molecule has 2 aromatic rings. The fourth-order valence-corrected chi connectivity index (χ4v) is 4.21. The van der Waals surface area contributed by atoms with E-state index in [-0.39, 0.29) is 10.7 Å². The lowest BCUT2D eigenvalue weighted by atomic mass is 9.99. The molecule has 3 rings (SSSR count). The molecule has 1 saturated heterocycles. The summed E-state index contributed by atoms with van der Waals surface area (Å²) in [6.07, 6.45) is 2.33. The molecule has 2 heterocycles. The number of hydrogen-bond acceptors (Lipinski definition) is 3. The van der Waals surface area contributed by atoms with Crippen LogP contribution in [-0.2, 0) is 6.54 Å². The van der Waals surface area contributed by atoms with Gasteiger partial charge in [-0.25, -0.2) is 9.18 Å². The van der Waals surface area contributed by atoms with Crippen molar-refractivity contribution in [1.29, 1.82) is 0 Å². The average molecular weight is 307 g/mol. The normalized spacial score (nSPS) is 20.0. The van der Waals surface area contributed by atoms with Gasteiger partial charge in [0.15, 0.2) is 0 Å². The molecule has 3 nitrogen and oxygen atoms in total. The Kier molecular flexibility index (Phi) is 3.95. The van der Waals surface area contributed by atoms with Crippen LogP contribution in [-0.4, -0.2) is 29.1 Å². The van der Waals surface area contributed by atoms with E-state index in [2.05, 4.69) is 11.8 Å². The maximum absolute atomic E-state index is 14.1. The highest BCUT2D eigenvalue weighted by atomic mass is 32.1. The minimum Gasteiger partial charge on any atom is -0.477 e. The van der Waals surface area contributed by atoms with Gasteiger partial charge in [-0.2, -0.15) is 0 Å². The number of thiophene rings is 1. The van der Waals surface area contributed by atoms with Crippen LogP contribution in [0.15, 0.2) is 18.2 Å². The molecule has 1 N–H and O–H groups in total. The van der Waals surface area contributed by atoms with Crippen molar-refractivity contribution < 1.29 is 14.3 Å². The minimum absolute atomic E-state index is 0.272. The first-order valence-corrected chi connectivity index (χ1v) is 8.03. The van der Waals surface area contributed by atoms with Crippen molar-refractivity contribution in [1.82, 2.24) is 4.90 Å². The monoisotopic (exact) mass is 307 g/mol. The number of hydrogen-bond donors (Lipinski definition) is 1. The van der Waals surface area contributed by atoms with Crippen molar-refractivity contribution in [3.63, 3.8) is 0 Å². The molecule has 0 aliphatic carbocycles. The zero-order valence-corrected chi connectivity index (χ0v) is 12.8. The lowest BCUT2D eigenvalue weighted by Crippen LogP contribution is -2.34. The van der Waals surface area contributed by atoms with Gasteiger partial charge in [-0.1, -0.05) is 13.0 Å². The van der Waals surface area contributed by atoms with Crippen LogP contribution < -0.4 is 0 Å². The Morgan fingerprint density at radius 2 is 2.33 bits per heavy atom. The van der Waals surface area contributed by atoms with Gasteiger partial charge in [0.25, 0.3) is 0 Å². The summed E-state index contributed by atoms with van der Waals surface area (Å²) in [5, 5.41) is 9.89. The third-order valence-electron chi connectivity index (χ3n) is 4.08. The number of piperidine rings is 1. The largest absolute Gasteiger partial charge is 0.477 e. The Labute approximate surface area is 127 Å². The van der Waals surface area contributed by atoms with Gasteiger partial charge in [0.05, 0.1) is 0 Å². The summed E-state index contributed by atoms with van der Waals surface area (Å²) in [6, 6.07) is 4.83. The van der Waals surface area contributed by atoms with Gasteiger partial charge in [0.1, 0.15) is 10.7 Å². The van der Waals surface area contributed by atoms with Gasteiger partial charge in [0.2, 0.25) is 0 Å². The number of fused-ring (bicyclic) bond motifs is 1. The zero-order chi connectivity index (χ0) is 15.0. The molecule has 0 bridgehead atoms. The van der Waals surface area contributed by atoms with Crippen LogP contribution in [0.25, 0.3) is 10.1 Å². The number of likely N-dealkylation sites (tertiary alicyclic amines) is 1. The lowest BCUT2D eigenvalue weighted by Gasteiger charge is -2.30. The lowest BCUT2D eigenvalue weighted by molar-refractivity contribution is 0.0699. The van der Waals surface area contributed by atoms with Crippen LogP contribution in [0, 0.1) is 11.7 Å². The van der Waals surface area contributed by atoms with Crippen molar-refractivity contribution in [2.24, 2.45) is 5.92 Å². The summed E-state index contributed by atoms with van der Waals surface area (Å²) < 4.78 is 14.9. The van der Waals surface area contributed by atoms with E-state index in [0.717, 1.165) is 19.5 Å². The Bertz CT molecular complexity index is 682. The Morgan fingerprint density at radius 3 is 3.05 bits per heavy atom. The van der Waals surface area contributed by atoms with E-state index >= 15 is 0 Å². The molecule has 1 atom stereocenters. The second-order valence-electron chi connectivity index (χ2n) is 5.81. The molecular formula is C16H18FNO2S. The third kappa shape index (κ3) is 2.80. The van der Waals surface area contributed by atoms with E-state index in [4.69, 9.17) is 0 Å². The van der Waals surface area contributed by atoms with E-state index in [1.165, 1.54) is 23.8 Å². The van der Waals surface area contributed by atoms with Crippen molar-refractivity contribution in [3.05, 3.63) is 34.5 Å². The maximum Gasteiger partial charge on any atom is 0.346 e. The van der Waals surface area contributed by atoms with Crippen molar-refractivity contribution in [3.8, 4) is 0 Å². The summed E-state index contributed by atoms with van der Waals surface area (Å²) in [7, 11) is 0. The number of halogens is 1. The summed E-state index contributed by atoms with van der Waals surface area (Å²) >= 11 is 1.17. The van der Waals surface area contributed by atoms with Crippen LogP contribution in [0.1, 0.15) is 35.0 Å². The molecule has 0 radical (unpaired) electrons. The Morgan fingerprint density at radius 1 is 1.52 bits per heavy atom. The molecule has 1 aliphatic heterocycles. The van der Waals surface area contributed by atoms with Gasteiger partial charge in [-0.05, 0) is 37.4 Å². The smallest absolute Gasteiger partial charge is 0.346 e. The first-order valence-electron chi connectivity index (χ1n) is 7.22. The number of carboxylic acid groups (broad SMARTS) is 1. The molecule has 0 spiro atoms. The van der Waals surface area contributed by atoms with Crippen LogP contribution in [0.5, 0.6) is 0 Å². The van der Waals surface area contributed by atoms with Gasteiger partial charge in [0, 0.05) is 28.7 Å². The first kappa shape index (κ1) is 14.5. The highest BCUT2D eigenvalue weighted by Gasteiger charge is 2.24. The summed E-state index contributed by atoms with van der Waals surface area (Å²) in [4.78, 5) is 14.0. The third-order valence-corrected chi connectivity index (χ3v) is 5.27. The predicted octanol–water partition coefficient (Wildman–Crippen LogP) is 3.97. The second kappa shape index (κ2) is 5.73. The molecule has 112 valence electrons. The molecule has 0 unspecified atom stereocenters. The maximum atomic E-state index is 14.1. The van der Waals surface area contributed by atoms with E-state index < -0.39 is 5.97 Å². The molecule has 0 saturated carbocycles. The summed E-state index contributed by atoms with van der Waals surface area (Å²) in [5.74, 6) is -0.672. The van der Waals surface area contributed by atoms with E-state index in [1.807, 2.05) is 0 Å². The number of aromatic carboxylic acids is 1. The minimum atomic E-state index is -0.962. The SMILES string of the molecule is C[C@H]1CCCN(Cc2c(C(=O)O)sc3cccc(F)c23)C1. The number of rotatable bonds is 3. The molecule has 21 heavy (non-hydrogen) atoms. The fourth-order valence-electron chi connectivity index (χ4n) is 3.14. The molecule has 1 aliphatic rings.